The normalized spacial score (nSPS) is 34.8. The summed E-state index contributed by atoms with van der Waals surface area (Å²) in [5.41, 5.74) is -2.62. The van der Waals surface area contributed by atoms with Crippen molar-refractivity contribution in [2.45, 2.75) is 37.8 Å². The van der Waals surface area contributed by atoms with Crippen LogP contribution in [0.1, 0.15) is 26.7 Å². The van der Waals surface area contributed by atoms with Crippen molar-refractivity contribution in [1.82, 2.24) is 5.06 Å². The second kappa shape index (κ2) is 4.03. The molecule has 0 N–H and O–H groups in total. The van der Waals surface area contributed by atoms with Crippen LogP contribution in [-0.4, -0.2) is 42.3 Å². The molecular formula is C10H16NO5. The van der Waals surface area contributed by atoms with Crippen LogP contribution in [0.15, 0.2) is 0 Å². The van der Waals surface area contributed by atoms with E-state index in [0.717, 1.165) is 0 Å². The van der Waals surface area contributed by atoms with E-state index in [1.807, 2.05) is 0 Å². The number of ether oxygens (including phenoxy) is 2. The first-order valence-corrected chi connectivity index (χ1v) is 4.97. The third kappa shape index (κ3) is 1.58. The van der Waals surface area contributed by atoms with E-state index < -0.39 is 23.0 Å². The van der Waals surface area contributed by atoms with Gasteiger partial charge in [-0.2, -0.15) is 0 Å². The van der Waals surface area contributed by atoms with Gasteiger partial charge in [0.2, 0.25) is 0 Å². The summed E-state index contributed by atoms with van der Waals surface area (Å²) in [5, 5.41) is 12.6. The maximum absolute atomic E-state index is 12.1. The van der Waals surface area contributed by atoms with Gasteiger partial charge in [0.15, 0.2) is 0 Å². The first-order chi connectivity index (χ1) is 7.32. The second-order valence-corrected chi connectivity index (χ2v) is 4.33. The quantitative estimate of drug-likeness (QED) is 0.637. The Morgan fingerprint density at radius 2 is 1.31 bits per heavy atom. The first kappa shape index (κ1) is 12.9. The predicted molar refractivity (Wildman–Crippen MR) is 52.6 cm³/mol. The molecule has 0 amide bonds. The van der Waals surface area contributed by atoms with Crippen molar-refractivity contribution in [2.24, 2.45) is 0 Å². The van der Waals surface area contributed by atoms with E-state index >= 15 is 0 Å². The average Bonchev–Trinajstić information content (AvgIpc) is 2.54. The molecule has 2 atom stereocenters. The maximum Gasteiger partial charge on any atom is 0.328 e. The van der Waals surface area contributed by atoms with Gasteiger partial charge in [-0.1, -0.05) is 0 Å². The van der Waals surface area contributed by atoms with Crippen LogP contribution in [0.3, 0.4) is 0 Å². The molecule has 0 aromatic rings. The largest absolute Gasteiger partial charge is 0.468 e. The predicted octanol–water partition coefficient (Wildman–Crippen LogP) is 0.291. The molecule has 1 fully saturated rings. The third-order valence-corrected chi connectivity index (χ3v) is 3.25. The Morgan fingerprint density at radius 3 is 1.56 bits per heavy atom. The lowest BCUT2D eigenvalue weighted by molar-refractivity contribution is -0.256. The Kier molecular flexibility index (Phi) is 3.25. The standard InChI is InChI=1S/C10H16NO5/c1-9(7(12)15-3)5-6-10(2,11(9)14)8(13)16-4/h5-6H2,1-4H3/t9-,10+. The number of hydroxylamine groups is 2. The summed E-state index contributed by atoms with van der Waals surface area (Å²) in [6.07, 6.45) is 0.545. The highest BCUT2D eigenvalue weighted by Crippen LogP contribution is 2.41. The van der Waals surface area contributed by atoms with Crippen molar-refractivity contribution in [2.75, 3.05) is 14.2 Å². The molecule has 0 unspecified atom stereocenters. The van der Waals surface area contributed by atoms with Gasteiger partial charge in [0, 0.05) is 0 Å². The van der Waals surface area contributed by atoms with E-state index in [9.17, 15) is 14.8 Å². The lowest BCUT2D eigenvalue weighted by Gasteiger charge is -2.32. The van der Waals surface area contributed by atoms with Crippen molar-refractivity contribution >= 4 is 11.9 Å². The number of nitrogens with zero attached hydrogens (tertiary/aromatic N) is 1. The number of rotatable bonds is 2. The van der Waals surface area contributed by atoms with Gasteiger partial charge in [0.25, 0.3) is 0 Å². The fourth-order valence-corrected chi connectivity index (χ4v) is 2.04. The van der Waals surface area contributed by atoms with Gasteiger partial charge in [-0.05, 0) is 26.7 Å². The number of carbonyl (C=O) groups excluding carboxylic acids is 2. The highest BCUT2D eigenvalue weighted by atomic mass is 16.6. The zero-order chi connectivity index (χ0) is 12.6. The lowest BCUT2D eigenvalue weighted by Crippen LogP contribution is -2.56. The summed E-state index contributed by atoms with van der Waals surface area (Å²) in [4.78, 5) is 23.1. The number of hydrogen-bond acceptors (Lipinski definition) is 5. The van der Waals surface area contributed by atoms with Crippen LogP contribution >= 0.6 is 0 Å². The van der Waals surface area contributed by atoms with Crippen molar-refractivity contribution in [3.63, 3.8) is 0 Å². The molecule has 1 aliphatic heterocycles. The van der Waals surface area contributed by atoms with Crippen molar-refractivity contribution in [3.8, 4) is 0 Å². The number of methoxy groups -OCH3 is 2. The summed E-state index contributed by atoms with van der Waals surface area (Å²) in [6, 6.07) is 0. The van der Waals surface area contributed by atoms with E-state index in [2.05, 4.69) is 9.47 Å². The van der Waals surface area contributed by atoms with Crippen molar-refractivity contribution < 1.29 is 24.3 Å². The Hall–Kier alpha value is -1.14. The summed E-state index contributed by atoms with van der Waals surface area (Å²) in [5.74, 6) is -1.26. The smallest absolute Gasteiger partial charge is 0.328 e. The van der Waals surface area contributed by atoms with Gasteiger partial charge < -0.3 is 9.47 Å². The Morgan fingerprint density at radius 1 is 1.00 bits per heavy atom. The topological polar surface area (TPSA) is 75.7 Å². The summed E-state index contributed by atoms with van der Waals surface area (Å²) >= 11 is 0. The first-order valence-electron chi connectivity index (χ1n) is 4.97. The molecule has 0 bridgehead atoms. The van der Waals surface area contributed by atoms with E-state index in [4.69, 9.17) is 0 Å². The van der Waals surface area contributed by atoms with E-state index in [1.165, 1.54) is 28.1 Å². The van der Waals surface area contributed by atoms with E-state index in [1.54, 1.807) is 0 Å². The molecule has 1 aliphatic rings. The fourth-order valence-electron chi connectivity index (χ4n) is 2.04. The highest BCUT2D eigenvalue weighted by Gasteiger charge is 2.60. The van der Waals surface area contributed by atoms with Gasteiger partial charge in [-0.15, -0.1) is 10.3 Å². The minimum atomic E-state index is -1.31. The molecule has 0 saturated carbocycles. The van der Waals surface area contributed by atoms with Crippen LogP contribution in [0.25, 0.3) is 0 Å². The molecule has 6 nitrogen and oxygen atoms in total. The van der Waals surface area contributed by atoms with Gasteiger partial charge in [-0.3, -0.25) is 0 Å². The molecule has 0 aliphatic carbocycles. The van der Waals surface area contributed by atoms with Gasteiger partial charge >= 0.3 is 11.9 Å². The third-order valence-electron chi connectivity index (χ3n) is 3.25. The van der Waals surface area contributed by atoms with Crippen LogP contribution < -0.4 is 0 Å². The average molecular weight is 230 g/mol. The highest BCUT2D eigenvalue weighted by molar-refractivity contribution is 5.86. The molecule has 0 aromatic carbocycles. The number of esters is 2. The minimum Gasteiger partial charge on any atom is -0.468 e. The molecule has 1 radical (unpaired) electrons. The summed E-state index contributed by atoms with van der Waals surface area (Å²) in [6.45, 7) is 2.94. The molecule has 6 heteroatoms. The zero-order valence-corrected chi connectivity index (χ0v) is 9.90. The monoisotopic (exact) mass is 230 g/mol. The van der Waals surface area contributed by atoms with Gasteiger partial charge in [-0.25, -0.2) is 9.59 Å². The van der Waals surface area contributed by atoms with Crippen LogP contribution in [0, 0.1) is 0 Å². The van der Waals surface area contributed by atoms with E-state index in [0.29, 0.717) is 5.06 Å². The second-order valence-electron chi connectivity index (χ2n) is 4.33. The molecule has 1 saturated heterocycles. The Balaban J connectivity index is 3.01. The van der Waals surface area contributed by atoms with Crippen LogP contribution in [-0.2, 0) is 24.3 Å². The van der Waals surface area contributed by atoms with E-state index in [-0.39, 0.29) is 12.8 Å². The SMILES string of the molecule is COC(=O)[C@]1(C)CC[C@](C)(C(=O)OC)N1[O]. The Bertz CT molecular complexity index is 288. The number of carbonyl (C=O) groups is 2. The van der Waals surface area contributed by atoms with Crippen LogP contribution in [0.4, 0.5) is 0 Å². The molecular weight excluding hydrogens is 214 g/mol. The fraction of sp³-hybridized carbons (Fsp3) is 0.800. The van der Waals surface area contributed by atoms with Gasteiger partial charge in [0.1, 0.15) is 11.1 Å². The van der Waals surface area contributed by atoms with Crippen LogP contribution in [0.5, 0.6) is 0 Å². The Labute approximate surface area is 94.1 Å². The lowest BCUT2D eigenvalue weighted by atomic mass is 9.98. The zero-order valence-electron chi connectivity index (χ0n) is 9.90. The molecule has 91 valence electrons. The summed E-state index contributed by atoms with van der Waals surface area (Å²) in [7, 11) is 2.43. The maximum atomic E-state index is 12.1. The van der Waals surface area contributed by atoms with Crippen molar-refractivity contribution in [3.05, 3.63) is 0 Å². The molecule has 16 heavy (non-hydrogen) atoms. The molecule has 0 aromatic heterocycles. The summed E-state index contributed by atoms with van der Waals surface area (Å²) < 4.78 is 9.16. The van der Waals surface area contributed by atoms with Crippen molar-refractivity contribution in [1.29, 1.82) is 0 Å². The minimum absolute atomic E-state index is 0.273. The number of hydrogen-bond donors (Lipinski definition) is 0. The van der Waals surface area contributed by atoms with Gasteiger partial charge in [0.05, 0.1) is 14.2 Å². The molecule has 1 rings (SSSR count). The molecule has 1 heterocycles. The van der Waals surface area contributed by atoms with Crippen LogP contribution in [0.2, 0.25) is 0 Å². The molecule has 0 spiro atoms.